The quantitative estimate of drug-likeness (QED) is 0.691. The first-order valence-electron chi connectivity index (χ1n) is 11.6. The van der Waals surface area contributed by atoms with Crippen LogP contribution >= 0.6 is 0 Å². The van der Waals surface area contributed by atoms with E-state index in [1.807, 2.05) is 12.1 Å². The lowest BCUT2D eigenvalue weighted by Crippen LogP contribution is -2.50. The summed E-state index contributed by atoms with van der Waals surface area (Å²) in [5.41, 5.74) is 2.88. The van der Waals surface area contributed by atoms with Crippen molar-refractivity contribution in [2.24, 2.45) is 28.1 Å². The second kappa shape index (κ2) is 6.87. The predicted octanol–water partition coefficient (Wildman–Crippen LogP) is 5.18. The van der Waals surface area contributed by atoms with E-state index in [1.165, 1.54) is 16.7 Å². The summed E-state index contributed by atoms with van der Waals surface area (Å²) < 4.78 is 0. The molecule has 1 aromatic carbocycles. The van der Waals surface area contributed by atoms with E-state index < -0.39 is 12.0 Å². The molecule has 4 aliphatic rings. The maximum absolute atomic E-state index is 13.3. The second-order valence-corrected chi connectivity index (χ2v) is 10.6. The number of hydrogen-bond acceptors (Lipinski definition) is 3. The summed E-state index contributed by atoms with van der Waals surface area (Å²) in [7, 11) is 0. The predicted molar refractivity (Wildman–Crippen MR) is 121 cm³/mol. The lowest BCUT2D eigenvalue weighted by Gasteiger charge is -2.54. The van der Waals surface area contributed by atoms with Crippen molar-refractivity contribution < 1.29 is 14.7 Å². The molecule has 0 bridgehead atoms. The Hall–Kier alpha value is -2.26. The number of rotatable bonds is 3. The highest BCUT2D eigenvalue weighted by atomic mass is 16.3. The van der Waals surface area contributed by atoms with Crippen LogP contribution in [0.2, 0.25) is 0 Å². The van der Waals surface area contributed by atoms with Crippen LogP contribution < -0.4 is 0 Å². The van der Waals surface area contributed by atoms with Crippen LogP contribution in [0.1, 0.15) is 57.9 Å². The standard InChI is InChI=1S/C28H32O3/c1-26-13-11-20(30)15-19(26)9-10-21-22(26)12-14-27(2)24(21)16-23(18-7-5-4-6-8-18)28(27,3)25(31)17-29/h4-8,11-13,15,21,23-24,29H,9-10,14,16-17H2,1-3H3/t21?,23-,24?,26+,27+,28-/m1/s1. The van der Waals surface area contributed by atoms with Crippen LogP contribution in [0.3, 0.4) is 0 Å². The van der Waals surface area contributed by atoms with Gasteiger partial charge in [0.15, 0.2) is 11.6 Å². The molecule has 0 amide bonds. The van der Waals surface area contributed by atoms with Crippen molar-refractivity contribution >= 4 is 11.6 Å². The molecule has 4 aliphatic carbocycles. The summed E-state index contributed by atoms with van der Waals surface area (Å²) in [6.07, 6.45) is 11.8. The average Bonchev–Trinajstić information content (AvgIpc) is 3.02. The number of ketones is 2. The molecule has 0 heterocycles. The number of carbonyl (C=O) groups excluding carboxylic acids is 2. The first-order chi connectivity index (χ1) is 14.8. The Bertz CT molecular complexity index is 1030. The van der Waals surface area contributed by atoms with Crippen LogP contribution in [0.5, 0.6) is 0 Å². The smallest absolute Gasteiger partial charge is 0.178 e. The van der Waals surface area contributed by atoms with E-state index in [2.05, 4.69) is 57.2 Å². The Kier molecular flexibility index (Phi) is 4.57. The van der Waals surface area contributed by atoms with E-state index in [-0.39, 0.29) is 28.3 Å². The number of aliphatic hydroxyl groups excluding tert-OH is 1. The number of aliphatic hydroxyl groups is 1. The maximum atomic E-state index is 13.3. The third kappa shape index (κ3) is 2.62. The van der Waals surface area contributed by atoms with E-state index in [0.717, 1.165) is 25.7 Å². The zero-order valence-corrected chi connectivity index (χ0v) is 18.7. The Labute approximate surface area is 184 Å². The molecule has 0 radical (unpaired) electrons. The van der Waals surface area contributed by atoms with E-state index in [0.29, 0.717) is 11.8 Å². The lowest BCUT2D eigenvalue weighted by atomic mass is 9.49. The molecule has 5 rings (SSSR count). The summed E-state index contributed by atoms with van der Waals surface area (Å²) in [4.78, 5) is 25.3. The van der Waals surface area contributed by atoms with Crippen LogP contribution in [-0.2, 0) is 9.59 Å². The molecule has 6 atom stereocenters. The van der Waals surface area contributed by atoms with Crippen molar-refractivity contribution in [3.05, 3.63) is 71.3 Å². The van der Waals surface area contributed by atoms with Crippen molar-refractivity contribution in [2.45, 2.75) is 52.4 Å². The summed E-state index contributed by atoms with van der Waals surface area (Å²) in [5.74, 6) is 0.942. The topological polar surface area (TPSA) is 54.4 Å². The van der Waals surface area contributed by atoms with Crippen LogP contribution in [0.15, 0.2) is 65.8 Å². The van der Waals surface area contributed by atoms with Gasteiger partial charge in [-0.1, -0.05) is 67.5 Å². The first-order valence-corrected chi connectivity index (χ1v) is 11.6. The molecular weight excluding hydrogens is 384 g/mol. The first kappa shape index (κ1) is 20.6. The number of allylic oxidation sites excluding steroid dienone is 6. The number of Topliss-reactive ketones (excluding diaryl/α,β-unsaturated/α-hetero) is 1. The van der Waals surface area contributed by atoms with Crippen molar-refractivity contribution in [3.63, 3.8) is 0 Å². The number of benzene rings is 1. The molecule has 3 nitrogen and oxygen atoms in total. The van der Waals surface area contributed by atoms with E-state index >= 15 is 0 Å². The fourth-order valence-corrected chi connectivity index (χ4v) is 7.63. The molecule has 31 heavy (non-hydrogen) atoms. The van der Waals surface area contributed by atoms with Crippen LogP contribution in [0.4, 0.5) is 0 Å². The molecule has 2 fully saturated rings. The van der Waals surface area contributed by atoms with Crippen LogP contribution in [-0.4, -0.2) is 23.3 Å². The maximum Gasteiger partial charge on any atom is 0.178 e. The van der Waals surface area contributed by atoms with Gasteiger partial charge >= 0.3 is 0 Å². The van der Waals surface area contributed by atoms with Crippen LogP contribution in [0, 0.1) is 28.1 Å². The lowest BCUT2D eigenvalue weighted by molar-refractivity contribution is -0.139. The van der Waals surface area contributed by atoms with Crippen molar-refractivity contribution in [1.82, 2.24) is 0 Å². The highest BCUT2D eigenvalue weighted by Gasteiger charge is 2.66. The minimum absolute atomic E-state index is 0.0334. The van der Waals surface area contributed by atoms with Gasteiger partial charge in [0, 0.05) is 10.8 Å². The Balaban J connectivity index is 1.62. The fraction of sp³-hybridized carbons (Fsp3) is 0.500. The minimum atomic E-state index is -0.606. The molecule has 162 valence electrons. The van der Waals surface area contributed by atoms with Gasteiger partial charge in [-0.3, -0.25) is 9.59 Å². The summed E-state index contributed by atoms with van der Waals surface area (Å²) >= 11 is 0. The molecular formula is C28H32O3. The van der Waals surface area contributed by atoms with Gasteiger partial charge in [-0.05, 0) is 73.5 Å². The highest BCUT2D eigenvalue weighted by Crippen LogP contribution is 2.71. The number of carbonyl (C=O) groups is 2. The summed E-state index contributed by atoms with van der Waals surface area (Å²) in [6, 6.07) is 10.4. The van der Waals surface area contributed by atoms with Gasteiger partial charge in [0.1, 0.15) is 6.61 Å². The Morgan fingerprint density at radius 3 is 2.61 bits per heavy atom. The summed E-state index contributed by atoms with van der Waals surface area (Å²) in [6.45, 7) is 6.25. The van der Waals surface area contributed by atoms with E-state index in [1.54, 1.807) is 6.08 Å². The normalized spacial score (nSPS) is 41.0. The van der Waals surface area contributed by atoms with Crippen molar-refractivity contribution in [1.29, 1.82) is 0 Å². The fourth-order valence-electron chi connectivity index (χ4n) is 7.63. The van der Waals surface area contributed by atoms with E-state index in [4.69, 9.17) is 0 Å². The van der Waals surface area contributed by atoms with Gasteiger partial charge in [0.2, 0.25) is 0 Å². The zero-order chi connectivity index (χ0) is 22.0. The monoisotopic (exact) mass is 416 g/mol. The van der Waals surface area contributed by atoms with Gasteiger partial charge in [-0.15, -0.1) is 0 Å². The summed E-state index contributed by atoms with van der Waals surface area (Å²) in [5, 5.41) is 9.97. The average molecular weight is 417 g/mol. The van der Waals surface area contributed by atoms with Gasteiger partial charge in [-0.2, -0.15) is 0 Å². The molecule has 0 aliphatic heterocycles. The molecule has 0 saturated heterocycles. The molecule has 0 spiro atoms. The third-order valence-electron chi connectivity index (χ3n) is 9.64. The minimum Gasteiger partial charge on any atom is -0.389 e. The largest absolute Gasteiger partial charge is 0.389 e. The number of fused-ring (bicyclic) bond motifs is 5. The highest BCUT2D eigenvalue weighted by molar-refractivity contribution is 6.01. The molecule has 2 unspecified atom stereocenters. The molecule has 1 aromatic rings. The Morgan fingerprint density at radius 1 is 1.16 bits per heavy atom. The van der Waals surface area contributed by atoms with E-state index in [9.17, 15) is 14.7 Å². The van der Waals surface area contributed by atoms with Crippen molar-refractivity contribution in [3.8, 4) is 0 Å². The molecule has 2 saturated carbocycles. The van der Waals surface area contributed by atoms with Gasteiger partial charge in [0.25, 0.3) is 0 Å². The molecule has 0 aromatic heterocycles. The molecule has 1 N–H and O–H groups in total. The van der Waals surface area contributed by atoms with Gasteiger partial charge < -0.3 is 5.11 Å². The Morgan fingerprint density at radius 2 is 1.90 bits per heavy atom. The number of hydrogen-bond donors (Lipinski definition) is 1. The second-order valence-electron chi connectivity index (χ2n) is 10.6. The van der Waals surface area contributed by atoms with Gasteiger partial charge in [0.05, 0.1) is 0 Å². The molecule has 3 heteroatoms. The van der Waals surface area contributed by atoms with Crippen LogP contribution in [0.25, 0.3) is 0 Å². The zero-order valence-electron chi connectivity index (χ0n) is 18.7. The third-order valence-corrected chi connectivity index (χ3v) is 9.64. The SMILES string of the molecule is C[C@]12C=CC(=O)C=C1CCC1C2=CC[C@@]2(C)C1C[C@H](c1ccccc1)[C@]2(C)C(=O)CO. The van der Waals surface area contributed by atoms with Gasteiger partial charge in [-0.25, -0.2) is 0 Å². The van der Waals surface area contributed by atoms with Crippen molar-refractivity contribution in [2.75, 3.05) is 6.61 Å².